The molecule has 1 heteroatoms. The van der Waals surface area contributed by atoms with Crippen LogP contribution >= 0.6 is 0 Å². The SMILES string of the molecule is C/C=C\C1=C(CCC)NCCCC1(C)C.CC. The fourth-order valence-corrected chi connectivity index (χ4v) is 2.37. The topological polar surface area (TPSA) is 12.0 Å². The first-order valence-corrected chi connectivity index (χ1v) is 7.22. The lowest BCUT2D eigenvalue weighted by Gasteiger charge is -2.26. The lowest BCUT2D eigenvalue weighted by molar-refractivity contribution is 0.412. The minimum atomic E-state index is 0.334. The van der Waals surface area contributed by atoms with E-state index < -0.39 is 0 Å². The van der Waals surface area contributed by atoms with Crippen molar-refractivity contribution in [2.24, 2.45) is 5.41 Å². The Kier molecular flexibility index (Phi) is 8.03. The Bertz CT molecular complexity index is 259. The van der Waals surface area contributed by atoms with Gasteiger partial charge in [0.25, 0.3) is 0 Å². The van der Waals surface area contributed by atoms with Crippen molar-refractivity contribution in [3.63, 3.8) is 0 Å². The first-order chi connectivity index (χ1) is 8.11. The van der Waals surface area contributed by atoms with E-state index in [-0.39, 0.29) is 0 Å². The van der Waals surface area contributed by atoms with Crippen LogP contribution < -0.4 is 5.32 Å². The van der Waals surface area contributed by atoms with Gasteiger partial charge >= 0.3 is 0 Å². The van der Waals surface area contributed by atoms with Gasteiger partial charge in [-0.2, -0.15) is 0 Å². The first kappa shape index (κ1) is 16.3. The Morgan fingerprint density at radius 1 is 1.29 bits per heavy atom. The summed E-state index contributed by atoms with van der Waals surface area (Å²) in [6.45, 7) is 14.2. The highest BCUT2D eigenvalue weighted by molar-refractivity contribution is 5.31. The molecule has 0 aromatic heterocycles. The molecule has 0 atom stereocenters. The van der Waals surface area contributed by atoms with Crippen LogP contribution in [0, 0.1) is 5.41 Å². The van der Waals surface area contributed by atoms with E-state index in [2.05, 4.69) is 45.2 Å². The van der Waals surface area contributed by atoms with Crippen LogP contribution in [0.4, 0.5) is 0 Å². The number of allylic oxidation sites excluding steroid dienone is 4. The summed E-state index contributed by atoms with van der Waals surface area (Å²) in [7, 11) is 0. The van der Waals surface area contributed by atoms with Crippen molar-refractivity contribution in [3.05, 3.63) is 23.4 Å². The van der Waals surface area contributed by atoms with Crippen LogP contribution in [-0.4, -0.2) is 6.54 Å². The molecule has 0 aromatic carbocycles. The van der Waals surface area contributed by atoms with E-state index in [0.717, 1.165) is 6.54 Å². The van der Waals surface area contributed by atoms with E-state index in [9.17, 15) is 0 Å². The van der Waals surface area contributed by atoms with Gasteiger partial charge in [-0.3, -0.25) is 0 Å². The third-order valence-corrected chi connectivity index (χ3v) is 3.20. The van der Waals surface area contributed by atoms with Gasteiger partial charge < -0.3 is 5.32 Å². The Balaban J connectivity index is 0.00000121. The Labute approximate surface area is 108 Å². The van der Waals surface area contributed by atoms with Gasteiger partial charge in [0.15, 0.2) is 0 Å². The van der Waals surface area contributed by atoms with Crippen molar-refractivity contribution in [2.45, 2.75) is 67.2 Å². The van der Waals surface area contributed by atoms with Crippen LogP contribution in [0.2, 0.25) is 0 Å². The number of nitrogens with one attached hydrogen (secondary N) is 1. The van der Waals surface area contributed by atoms with E-state index in [4.69, 9.17) is 0 Å². The van der Waals surface area contributed by atoms with Gasteiger partial charge in [0, 0.05) is 12.2 Å². The maximum atomic E-state index is 3.60. The maximum absolute atomic E-state index is 3.60. The molecule has 0 aliphatic carbocycles. The quantitative estimate of drug-likeness (QED) is 0.724. The lowest BCUT2D eigenvalue weighted by Crippen LogP contribution is -2.17. The van der Waals surface area contributed by atoms with E-state index in [0.29, 0.717) is 5.41 Å². The number of hydrogen-bond donors (Lipinski definition) is 1. The smallest absolute Gasteiger partial charge is 0.0144 e. The van der Waals surface area contributed by atoms with Crippen LogP contribution in [0.3, 0.4) is 0 Å². The summed E-state index contributed by atoms with van der Waals surface area (Å²) in [6, 6.07) is 0. The summed E-state index contributed by atoms with van der Waals surface area (Å²) in [5, 5.41) is 3.60. The van der Waals surface area contributed by atoms with Gasteiger partial charge in [0.1, 0.15) is 0 Å². The lowest BCUT2D eigenvalue weighted by atomic mass is 9.79. The average molecular weight is 237 g/mol. The molecular formula is C16H31N. The third-order valence-electron chi connectivity index (χ3n) is 3.20. The number of hydrogen-bond acceptors (Lipinski definition) is 1. The zero-order chi connectivity index (χ0) is 13.3. The van der Waals surface area contributed by atoms with E-state index in [1.165, 1.54) is 37.0 Å². The molecule has 1 nitrogen and oxygen atoms in total. The van der Waals surface area contributed by atoms with Crippen molar-refractivity contribution in [2.75, 3.05) is 6.54 Å². The molecule has 1 N–H and O–H groups in total. The molecule has 1 aliphatic rings. The second-order valence-corrected chi connectivity index (χ2v) is 5.06. The Morgan fingerprint density at radius 3 is 2.47 bits per heavy atom. The molecule has 0 saturated carbocycles. The second kappa shape index (κ2) is 8.38. The summed E-state index contributed by atoms with van der Waals surface area (Å²) in [4.78, 5) is 0. The minimum Gasteiger partial charge on any atom is -0.388 e. The van der Waals surface area contributed by atoms with Gasteiger partial charge in [-0.1, -0.05) is 53.2 Å². The van der Waals surface area contributed by atoms with Crippen molar-refractivity contribution in [1.29, 1.82) is 0 Å². The highest BCUT2D eigenvalue weighted by Crippen LogP contribution is 2.36. The van der Waals surface area contributed by atoms with Crippen molar-refractivity contribution < 1.29 is 0 Å². The van der Waals surface area contributed by atoms with Crippen molar-refractivity contribution in [1.82, 2.24) is 5.32 Å². The third kappa shape index (κ3) is 4.97. The normalized spacial score (nSPS) is 19.4. The Morgan fingerprint density at radius 2 is 1.94 bits per heavy atom. The molecule has 1 rings (SSSR count). The largest absolute Gasteiger partial charge is 0.388 e. The molecule has 0 bridgehead atoms. The molecule has 0 saturated heterocycles. The standard InChI is InChI=1S/C14H25N.C2H6/c1-5-8-12-13(9-6-2)15-11-7-10-14(12,3)4;1-2/h5,8,15H,6-7,9-11H2,1-4H3;1-2H3/b8-5-;. The Hall–Kier alpha value is -0.720. The average Bonchev–Trinajstić information content (AvgIpc) is 2.45. The van der Waals surface area contributed by atoms with Crippen LogP contribution in [0.1, 0.15) is 67.2 Å². The number of rotatable bonds is 3. The molecule has 1 aliphatic heterocycles. The monoisotopic (exact) mass is 237 g/mol. The van der Waals surface area contributed by atoms with Gasteiger partial charge in [-0.25, -0.2) is 0 Å². The van der Waals surface area contributed by atoms with Crippen LogP contribution in [0.25, 0.3) is 0 Å². The van der Waals surface area contributed by atoms with Crippen LogP contribution in [0.5, 0.6) is 0 Å². The molecule has 100 valence electrons. The first-order valence-electron chi connectivity index (χ1n) is 7.22. The zero-order valence-electron chi connectivity index (χ0n) is 12.7. The fraction of sp³-hybridized carbons (Fsp3) is 0.750. The predicted molar refractivity (Wildman–Crippen MR) is 79.1 cm³/mol. The molecule has 0 spiro atoms. The van der Waals surface area contributed by atoms with Gasteiger partial charge in [0.2, 0.25) is 0 Å². The van der Waals surface area contributed by atoms with Crippen molar-refractivity contribution >= 4 is 0 Å². The van der Waals surface area contributed by atoms with Gasteiger partial charge in [-0.05, 0) is 37.2 Å². The molecule has 0 aromatic rings. The molecule has 0 fully saturated rings. The van der Waals surface area contributed by atoms with Gasteiger partial charge in [0.05, 0.1) is 0 Å². The molecule has 1 heterocycles. The van der Waals surface area contributed by atoms with E-state index >= 15 is 0 Å². The van der Waals surface area contributed by atoms with Crippen LogP contribution in [-0.2, 0) is 0 Å². The van der Waals surface area contributed by atoms with Crippen molar-refractivity contribution in [3.8, 4) is 0 Å². The predicted octanol–water partition coefficient (Wildman–Crippen LogP) is 5.05. The zero-order valence-corrected chi connectivity index (χ0v) is 12.7. The summed E-state index contributed by atoms with van der Waals surface area (Å²) < 4.78 is 0. The van der Waals surface area contributed by atoms with E-state index in [1.807, 2.05) is 13.8 Å². The van der Waals surface area contributed by atoms with E-state index in [1.54, 1.807) is 0 Å². The molecule has 0 unspecified atom stereocenters. The molecule has 17 heavy (non-hydrogen) atoms. The summed E-state index contributed by atoms with van der Waals surface area (Å²) >= 11 is 0. The summed E-state index contributed by atoms with van der Waals surface area (Å²) in [5.41, 5.74) is 3.32. The molecular weight excluding hydrogens is 206 g/mol. The molecule has 0 radical (unpaired) electrons. The fourth-order valence-electron chi connectivity index (χ4n) is 2.37. The molecule has 0 amide bonds. The minimum absolute atomic E-state index is 0.334. The summed E-state index contributed by atoms with van der Waals surface area (Å²) in [5.74, 6) is 0. The van der Waals surface area contributed by atoms with Crippen LogP contribution in [0.15, 0.2) is 23.4 Å². The second-order valence-electron chi connectivity index (χ2n) is 5.06. The summed E-state index contributed by atoms with van der Waals surface area (Å²) in [6.07, 6.45) is 9.43. The van der Waals surface area contributed by atoms with Gasteiger partial charge in [-0.15, -0.1) is 0 Å². The highest BCUT2D eigenvalue weighted by Gasteiger charge is 2.26. The maximum Gasteiger partial charge on any atom is 0.0144 e. The highest BCUT2D eigenvalue weighted by atomic mass is 14.9.